The molecule has 0 heterocycles. The third-order valence-electron chi connectivity index (χ3n) is 4.18. The van der Waals surface area contributed by atoms with Crippen LogP contribution in [0.4, 0.5) is 0 Å². The monoisotopic (exact) mass is 379 g/mol. The van der Waals surface area contributed by atoms with Gasteiger partial charge in [0, 0.05) is 0 Å². The van der Waals surface area contributed by atoms with Gasteiger partial charge in [-0.05, 0) is 52.0 Å². The van der Waals surface area contributed by atoms with Gasteiger partial charge < -0.3 is 16.4 Å². The second-order valence-electron chi connectivity index (χ2n) is 6.31. The normalized spacial score (nSPS) is 10.9. The van der Waals surface area contributed by atoms with Crippen LogP contribution in [0.25, 0.3) is 0 Å². The van der Waals surface area contributed by atoms with Crippen molar-refractivity contribution in [3.05, 3.63) is 0 Å². The molecule has 0 aliphatic heterocycles. The van der Waals surface area contributed by atoms with Crippen molar-refractivity contribution in [3.63, 3.8) is 0 Å². The quantitative estimate of drug-likeness (QED) is 0.366. The number of unbranched alkanes of at least 4 members (excludes halogenated alkanes) is 9. The average Bonchev–Trinajstić information content (AvgIpc) is 2.51. The Morgan fingerprint density at radius 1 is 0.545 bits per heavy atom. The Kier molecular flexibility index (Phi) is 23.9. The minimum atomic E-state index is 0. The molecule has 0 radical (unpaired) electrons. The molecule has 0 aromatic rings. The first-order valence-corrected chi connectivity index (χ1v) is 9.47. The van der Waals surface area contributed by atoms with Gasteiger partial charge in [-0.1, -0.05) is 64.7 Å². The van der Waals surface area contributed by atoms with Crippen molar-refractivity contribution >= 4 is 17.0 Å². The lowest BCUT2D eigenvalue weighted by molar-refractivity contribution is 0.263. The van der Waals surface area contributed by atoms with Crippen LogP contribution in [0.3, 0.4) is 0 Å². The minimum Gasteiger partial charge on any atom is -0.330 e. The van der Waals surface area contributed by atoms with E-state index >= 15 is 0 Å². The zero-order valence-corrected chi connectivity index (χ0v) is 16.7. The Hall–Kier alpha value is 0.360. The van der Waals surface area contributed by atoms with Crippen molar-refractivity contribution in [2.75, 3.05) is 32.7 Å². The average molecular weight is 380 g/mol. The van der Waals surface area contributed by atoms with Gasteiger partial charge >= 0.3 is 0 Å². The SMILES string of the molecule is Br.CCCCCCCCCCCCN(CCCN)CCCN. The van der Waals surface area contributed by atoms with Gasteiger partial charge in [0.25, 0.3) is 0 Å². The first kappa shape index (κ1) is 24.6. The molecule has 0 aliphatic carbocycles. The number of nitrogens with two attached hydrogens (primary N) is 2. The summed E-state index contributed by atoms with van der Waals surface area (Å²) >= 11 is 0. The molecule has 0 rings (SSSR count). The van der Waals surface area contributed by atoms with Crippen molar-refractivity contribution < 1.29 is 0 Å². The van der Waals surface area contributed by atoms with Gasteiger partial charge in [-0.3, -0.25) is 0 Å². The van der Waals surface area contributed by atoms with Crippen LogP contribution in [0, 0.1) is 0 Å². The van der Waals surface area contributed by atoms with E-state index in [1.165, 1.54) is 70.8 Å². The predicted octanol–water partition coefficient (Wildman–Crippen LogP) is 4.48. The van der Waals surface area contributed by atoms with Crippen molar-refractivity contribution in [1.82, 2.24) is 4.90 Å². The molecule has 0 aromatic carbocycles. The van der Waals surface area contributed by atoms with Crippen LogP contribution < -0.4 is 11.5 Å². The number of nitrogens with zero attached hydrogens (tertiary/aromatic N) is 1. The van der Waals surface area contributed by atoms with Crippen LogP contribution in [-0.4, -0.2) is 37.6 Å². The summed E-state index contributed by atoms with van der Waals surface area (Å²) in [6, 6.07) is 0. The highest BCUT2D eigenvalue weighted by Crippen LogP contribution is 2.11. The number of rotatable bonds is 17. The molecule has 0 unspecified atom stereocenters. The van der Waals surface area contributed by atoms with E-state index in [2.05, 4.69) is 11.8 Å². The molecule has 22 heavy (non-hydrogen) atoms. The van der Waals surface area contributed by atoms with Crippen LogP contribution in [0.1, 0.15) is 84.0 Å². The van der Waals surface area contributed by atoms with Gasteiger partial charge in [-0.2, -0.15) is 0 Å². The lowest BCUT2D eigenvalue weighted by Crippen LogP contribution is -2.29. The lowest BCUT2D eigenvalue weighted by Gasteiger charge is -2.21. The maximum absolute atomic E-state index is 5.61. The first-order valence-electron chi connectivity index (χ1n) is 9.47. The van der Waals surface area contributed by atoms with Crippen LogP contribution in [0.2, 0.25) is 0 Å². The summed E-state index contributed by atoms with van der Waals surface area (Å²) < 4.78 is 0. The summed E-state index contributed by atoms with van der Waals surface area (Å²) in [6.45, 7) is 7.41. The van der Waals surface area contributed by atoms with Crippen molar-refractivity contribution in [2.24, 2.45) is 11.5 Å². The van der Waals surface area contributed by atoms with Crippen molar-refractivity contribution in [1.29, 1.82) is 0 Å². The zero-order chi connectivity index (χ0) is 15.6. The Labute approximate surface area is 150 Å². The molecule has 0 saturated heterocycles. The molecule has 0 atom stereocenters. The van der Waals surface area contributed by atoms with E-state index < -0.39 is 0 Å². The first-order chi connectivity index (χ1) is 10.3. The largest absolute Gasteiger partial charge is 0.330 e. The number of hydrogen-bond acceptors (Lipinski definition) is 3. The maximum atomic E-state index is 5.61. The molecule has 0 saturated carbocycles. The molecule has 0 aromatic heterocycles. The van der Waals surface area contributed by atoms with E-state index in [4.69, 9.17) is 11.5 Å². The maximum Gasteiger partial charge on any atom is -0.000671 e. The third-order valence-corrected chi connectivity index (χ3v) is 4.18. The van der Waals surface area contributed by atoms with Crippen LogP contribution in [0.5, 0.6) is 0 Å². The molecule has 0 fully saturated rings. The molecular weight excluding hydrogens is 338 g/mol. The van der Waals surface area contributed by atoms with E-state index in [-0.39, 0.29) is 17.0 Å². The molecule has 0 aliphatic rings. The number of hydrogen-bond donors (Lipinski definition) is 2. The molecular formula is C18H42BrN3. The number of halogens is 1. The fourth-order valence-corrected chi connectivity index (χ4v) is 2.79. The lowest BCUT2D eigenvalue weighted by atomic mass is 10.1. The highest BCUT2D eigenvalue weighted by Gasteiger charge is 2.03. The Morgan fingerprint density at radius 2 is 0.909 bits per heavy atom. The van der Waals surface area contributed by atoms with Crippen molar-refractivity contribution in [2.45, 2.75) is 84.0 Å². The highest BCUT2D eigenvalue weighted by atomic mass is 79.9. The Bertz CT molecular complexity index is 183. The smallest absolute Gasteiger partial charge is 0.000671 e. The molecule has 0 spiro atoms. The summed E-state index contributed by atoms with van der Waals surface area (Å²) in [5.41, 5.74) is 11.2. The van der Waals surface area contributed by atoms with E-state index in [0.717, 1.165) is 39.0 Å². The van der Waals surface area contributed by atoms with Gasteiger partial charge in [0.05, 0.1) is 0 Å². The molecule has 0 amide bonds. The Balaban J connectivity index is 0. The molecule has 136 valence electrons. The van der Waals surface area contributed by atoms with Gasteiger partial charge in [-0.15, -0.1) is 17.0 Å². The molecule has 0 bridgehead atoms. The predicted molar refractivity (Wildman–Crippen MR) is 106 cm³/mol. The highest BCUT2D eigenvalue weighted by molar-refractivity contribution is 8.93. The zero-order valence-electron chi connectivity index (χ0n) is 15.0. The summed E-state index contributed by atoms with van der Waals surface area (Å²) in [4.78, 5) is 2.55. The van der Waals surface area contributed by atoms with E-state index in [9.17, 15) is 0 Å². The summed E-state index contributed by atoms with van der Waals surface area (Å²) in [5.74, 6) is 0. The fraction of sp³-hybridized carbons (Fsp3) is 1.00. The molecule has 3 nitrogen and oxygen atoms in total. The van der Waals surface area contributed by atoms with Gasteiger partial charge in [-0.25, -0.2) is 0 Å². The standard InChI is InChI=1S/C18H41N3.BrH/c1-2-3-4-5-6-7-8-9-10-11-16-21(17-12-14-19)18-13-15-20;/h2-20H2,1H3;1H. The van der Waals surface area contributed by atoms with Gasteiger partial charge in [0.1, 0.15) is 0 Å². The van der Waals surface area contributed by atoms with E-state index in [0.29, 0.717) is 0 Å². The van der Waals surface area contributed by atoms with E-state index in [1.54, 1.807) is 0 Å². The van der Waals surface area contributed by atoms with Crippen LogP contribution in [-0.2, 0) is 0 Å². The van der Waals surface area contributed by atoms with Crippen LogP contribution >= 0.6 is 17.0 Å². The summed E-state index contributed by atoms with van der Waals surface area (Å²) in [6.07, 6.45) is 16.3. The second-order valence-corrected chi connectivity index (χ2v) is 6.31. The fourth-order valence-electron chi connectivity index (χ4n) is 2.79. The van der Waals surface area contributed by atoms with Gasteiger partial charge in [0.2, 0.25) is 0 Å². The minimum absolute atomic E-state index is 0. The second kappa shape index (κ2) is 21.4. The van der Waals surface area contributed by atoms with Crippen LogP contribution in [0.15, 0.2) is 0 Å². The molecule has 4 heteroatoms. The Morgan fingerprint density at radius 3 is 1.32 bits per heavy atom. The molecule has 4 N–H and O–H groups in total. The third kappa shape index (κ3) is 18.4. The van der Waals surface area contributed by atoms with Crippen molar-refractivity contribution in [3.8, 4) is 0 Å². The topological polar surface area (TPSA) is 55.3 Å². The summed E-state index contributed by atoms with van der Waals surface area (Å²) in [7, 11) is 0. The summed E-state index contributed by atoms with van der Waals surface area (Å²) in [5, 5.41) is 0. The van der Waals surface area contributed by atoms with Gasteiger partial charge in [0.15, 0.2) is 0 Å². The van der Waals surface area contributed by atoms with E-state index in [1.807, 2.05) is 0 Å².